The maximum absolute atomic E-state index is 12.1. The van der Waals surface area contributed by atoms with Gasteiger partial charge in [0, 0.05) is 29.4 Å². The molecule has 3 N–H and O–H groups in total. The predicted octanol–water partition coefficient (Wildman–Crippen LogP) is 3.82. The van der Waals surface area contributed by atoms with Gasteiger partial charge in [-0.1, -0.05) is 67.9 Å². The number of nitrogens with one attached hydrogen (secondary N) is 1. The first-order valence-corrected chi connectivity index (χ1v) is 8.09. The number of carbonyl (C=O) groups excluding carboxylic acids is 1. The minimum absolute atomic E-state index is 0.0385. The van der Waals surface area contributed by atoms with Crippen LogP contribution < -0.4 is 11.1 Å². The Labute approximate surface area is 142 Å². The number of amides is 1. The van der Waals surface area contributed by atoms with Gasteiger partial charge in [-0.2, -0.15) is 0 Å². The van der Waals surface area contributed by atoms with E-state index in [1.165, 1.54) is 0 Å². The largest absolute Gasteiger partial charge is 0.355 e. The lowest BCUT2D eigenvalue weighted by Crippen LogP contribution is -2.37. The van der Waals surface area contributed by atoms with E-state index in [0.29, 0.717) is 11.6 Å². The number of hydrogen-bond donors (Lipinski definition) is 2. The van der Waals surface area contributed by atoms with Gasteiger partial charge in [0.05, 0.1) is 0 Å². The lowest BCUT2D eigenvalue weighted by atomic mass is 9.84. The molecule has 1 amide bonds. The zero-order chi connectivity index (χ0) is 16.9. The predicted molar refractivity (Wildman–Crippen MR) is 95.5 cm³/mol. The van der Waals surface area contributed by atoms with Crippen LogP contribution in [0, 0.1) is 0 Å². The molecule has 1 unspecified atom stereocenters. The smallest absolute Gasteiger partial charge is 0.221 e. The molecule has 23 heavy (non-hydrogen) atoms. The van der Waals surface area contributed by atoms with Gasteiger partial charge in [0.25, 0.3) is 0 Å². The summed E-state index contributed by atoms with van der Waals surface area (Å²) in [5, 5.41) is 3.70. The van der Waals surface area contributed by atoms with Crippen molar-refractivity contribution in [2.24, 2.45) is 5.73 Å². The molecular weight excluding hydrogens is 308 g/mol. The van der Waals surface area contributed by atoms with Gasteiger partial charge in [0.15, 0.2) is 0 Å². The van der Waals surface area contributed by atoms with Crippen LogP contribution in [0.5, 0.6) is 0 Å². The molecule has 2 aromatic rings. The topological polar surface area (TPSA) is 55.1 Å². The van der Waals surface area contributed by atoms with E-state index < -0.39 is 0 Å². The molecule has 0 saturated carbocycles. The lowest BCUT2D eigenvalue weighted by Gasteiger charge is -2.26. The molecule has 3 nitrogen and oxygen atoms in total. The number of carbonyl (C=O) groups is 1. The lowest BCUT2D eigenvalue weighted by molar-refractivity contribution is -0.121. The summed E-state index contributed by atoms with van der Waals surface area (Å²) in [5.74, 6) is -0.0385. The fraction of sp³-hybridized carbons (Fsp3) is 0.316. The van der Waals surface area contributed by atoms with E-state index in [1.54, 1.807) is 0 Å². The van der Waals surface area contributed by atoms with Crippen molar-refractivity contribution in [3.05, 3.63) is 70.7 Å². The maximum atomic E-state index is 12.1. The van der Waals surface area contributed by atoms with Crippen molar-refractivity contribution in [3.8, 4) is 0 Å². The van der Waals surface area contributed by atoms with Crippen LogP contribution in [-0.4, -0.2) is 12.5 Å². The molecule has 122 valence electrons. The molecule has 1 atom stereocenters. The maximum Gasteiger partial charge on any atom is 0.221 e. The molecule has 4 heteroatoms. The highest BCUT2D eigenvalue weighted by molar-refractivity contribution is 6.30. The summed E-state index contributed by atoms with van der Waals surface area (Å²) in [6, 6.07) is 17.1. The summed E-state index contributed by atoms with van der Waals surface area (Å²) in [5.41, 5.74) is 8.02. The van der Waals surface area contributed by atoms with Crippen molar-refractivity contribution in [3.63, 3.8) is 0 Å². The van der Waals surface area contributed by atoms with Crippen LogP contribution in [0.3, 0.4) is 0 Å². The highest BCUT2D eigenvalue weighted by atomic mass is 35.5. The first-order chi connectivity index (χ1) is 10.9. The average molecular weight is 331 g/mol. The standard InChI is InChI=1S/C19H23ClN2O/c1-19(2,15-8-10-16(20)11-9-15)13-22-18(23)12-17(21)14-6-4-3-5-7-14/h3-11,17H,12-13,21H2,1-2H3,(H,22,23). The summed E-state index contributed by atoms with van der Waals surface area (Å²) in [4.78, 5) is 12.1. The second-order valence-electron chi connectivity index (χ2n) is 6.39. The van der Waals surface area contributed by atoms with Gasteiger partial charge in [-0.15, -0.1) is 0 Å². The van der Waals surface area contributed by atoms with Gasteiger partial charge in [0.2, 0.25) is 5.91 Å². The molecule has 2 aromatic carbocycles. The van der Waals surface area contributed by atoms with Crippen molar-refractivity contribution in [1.29, 1.82) is 0 Å². The summed E-state index contributed by atoms with van der Waals surface area (Å²) in [7, 11) is 0. The molecule has 0 saturated heterocycles. The zero-order valence-corrected chi connectivity index (χ0v) is 14.3. The number of nitrogens with two attached hydrogens (primary N) is 1. The van der Waals surface area contributed by atoms with Gasteiger partial charge in [-0.25, -0.2) is 0 Å². The van der Waals surface area contributed by atoms with Crippen LogP contribution >= 0.6 is 11.6 Å². The highest BCUT2D eigenvalue weighted by Gasteiger charge is 2.22. The molecule has 0 aliphatic carbocycles. The van der Waals surface area contributed by atoms with E-state index in [-0.39, 0.29) is 23.8 Å². The quantitative estimate of drug-likeness (QED) is 0.845. The summed E-state index contributed by atoms with van der Waals surface area (Å²) < 4.78 is 0. The van der Waals surface area contributed by atoms with Crippen LogP contribution in [0.15, 0.2) is 54.6 Å². The molecule has 0 heterocycles. The first-order valence-electron chi connectivity index (χ1n) is 7.72. The SMILES string of the molecule is CC(C)(CNC(=O)CC(N)c1ccccc1)c1ccc(Cl)cc1. The molecule has 0 radical (unpaired) electrons. The van der Waals surface area contributed by atoms with Crippen LogP contribution in [-0.2, 0) is 10.2 Å². The first kappa shape index (κ1) is 17.5. The van der Waals surface area contributed by atoms with Crippen LogP contribution in [0.2, 0.25) is 5.02 Å². The molecule has 0 bridgehead atoms. The Hall–Kier alpha value is -1.84. The molecule has 0 spiro atoms. The van der Waals surface area contributed by atoms with E-state index in [4.69, 9.17) is 17.3 Å². The Balaban J connectivity index is 1.89. The summed E-state index contributed by atoms with van der Waals surface area (Å²) in [6.45, 7) is 4.73. The Morgan fingerprint density at radius 2 is 1.74 bits per heavy atom. The summed E-state index contributed by atoms with van der Waals surface area (Å²) >= 11 is 5.92. The molecule has 0 aromatic heterocycles. The normalized spacial score (nSPS) is 12.7. The van der Waals surface area contributed by atoms with E-state index in [9.17, 15) is 4.79 Å². The van der Waals surface area contributed by atoms with Crippen molar-refractivity contribution < 1.29 is 4.79 Å². The van der Waals surface area contributed by atoms with Crippen molar-refractivity contribution in [2.45, 2.75) is 31.7 Å². The van der Waals surface area contributed by atoms with Gasteiger partial charge >= 0.3 is 0 Å². The zero-order valence-electron chi connectivity index (χ0n) is 13.6. The molecule has 2 rings (SSSR count). The highest BCUT2D eigenvalue weighted by Crippen LogP contribution is 2.24. The molecule has 0 fully saturated rings. The van der Waals surface area contributed by atoms with Crippen molar-refractivity contribution in [2.75, 3.05) is 6.54 Å². The van der Waals surface area contributed by atoms with Gasteiger partial charge in [0.1, 0.15) is 0 Å². The Bertz CT molecular complexity index is 638. The van der Waals surface area contributed by atoms with E-state index in [2.05, 4.69) is 19.2 Å². The molecule has 0 aliphatic heterocycles. The number of benzene rings is 2. The average Bonchev–Trinajstić information content (AvgIpc) is 2.54. The number of halogens is 1. The third-order valence-electron chi connectivity index (χ3n) is 3.99. The molecule has 0 aliphatic rings. The second-order valence-corrected chi connectivity index (χ2v) is 6.83. The monoisotopic (exact) mass is 330 g/mol. The fourth-order valence-corrected chi connectivity index (χ4v) is 2.54. The third kappa shape index (κ3) is 5.08. The van der Waals surface area contributed by atoms with E-state index in [1.807, 2.05) is 54.6 Å². The number of hydrogen-bond acceptors (Lipinski definition) is 2. The van der Waals surface area contributed by atoms with Crippen molar-refractivity contribution in [1.82, 2.24) is 5.32 Å². The van der Waals surface area contributed by atoms with E-state index >= 15 is 0 Å². The Kier molecular flexibility index (Phi) is 5.80. The van der Waals surface area contributed by atoms with Crippen LogP contribution in [0.1, 0.15) is 37.4 Å². The minimum atomic E-state index is -0.283. The summed E-state index contributed by atoms with van der Waals surface area (Å²) in [6.07, 6.45) is 0.278. The Morgan fingerprint density at radius 3 is 2.35 bits per heavy atom. The van der Waals surface area contributed by atoms with E-state index in [0.717, 1.165) is 11.1 Å². The van der Waals surface area contributed by atoms with Gasteiger partial charge in [-0.05, 0) is 23.3 Å². The van der Waals surface area contributed by atoms with Crippen LogP contribution in [0.25, 0.3) is 0 Å². The minimum Gasteiger partial charge on any atom is -0.355 e. The van der Waals surface area contributed by atoms with Crippen molar-refractivity contribution >= 4 is 17.5 Å². The third-order valence-corrected chi connectivity index (χ3v) is 4.24. The van der Waals surface area contributed by atoms with Crippen LogP contribution in [0.4, 0.5) is 0 Å². The fourth-order valence-electron chi connectivity index (χ4n) is 2.41. The van der Waals surface area contributed by atoms with Gasteiger partial charge in [-0.3, -0.25) is 4.79 Å². The number of rotatable bonds is 6. The Morgan fingerprint density at radius 1 is 1.13 bits per heavy atom. The second kappa shape index (κ2) is 7.62. The van der Waals surface area contributed by atoms with Gasteiger partial charge < -0.3 is 11.1 Å². The molecular formula is C19H23ClN2O.